The van der Waals surface area contributed by atoms with Crippen molar-refractivity contribution in [1.82, 2.24) is 10.2 Å². The lowest BCUT2D eigenvalue weighted by atomic mass is 10.1. The van der Waals surface area contributed by atoms with Gasteiger partial charge >= 0.3 is 0 Å². The largest absolute Gasteiger partial charge is 0.496 e. The lowest BCUT2D eigenvalue weighted by Gasteiger charge is -2.25. The minimum atomic E-state index is -0.0374. The van der Waals surface area contributed by atoms with Gasteiger partial charge in [-0.1, -0.05) is 6.07 Å². The van der Waals surface area contributed by atoms with Gasteiger partial charge in [0, 0.05) is 20.3 Å². The number of carbonyl (C=O) groups excluding carboxylic acids is 1. The van der Waals surface area contributed by atoms with Crippen LogP contribution in [0.15, 0.2) is 18.2 Å². The van der Waals surface area contributed by atoms with Crippen LogP contribution in [-0.2, 0) is 9.53 Å². The van der Waals surface area contributed by atoms with Gasteiger partial charge in [-0.05, 0) is 43.0 Å². The summed E-state index contributed by atoms with van der Waals surface area (Å²) >= 11 is 0. The molecule has 1 fully saturated rings. The number of benzene rings is 1. The molecule has 0 aliphatic carbocycles. The summed E-state index contributed by atoms with van der Waals surface area (Å²) in [4.78, 5) is 14.0. The normalized spacial score (nSPS) is 18.3. The first kappa shape index (κ1) is 15.8. The lowest BCUT2D eigenvalue weighted by molar-refractivity contribution is -0.128. The van der Waals surface area contributed by atoms with Crippen LogP contribution < -0.4 is 10.1 Å². The Balaban J connectivity index is 2.06. The Hall–Kier alpha value is -1.59. The predicted octanol–water partition coefficient (Wildman–Crippen LogP) is 1.86. The topological polar surface area (TPSA) is 50.8 Å². The van der Waals surface area contributed by atoms with E-state index in [1.54, 1.807) is 14.2 Å². The number of nitrogens with one attached hydrogen (secondary N) is 1. The molecule has 1 amide bonds. The quantitative estimate of drug-likeness (QED) is 0.779. The highest BCUT2D eigenvalue weighted by atomic mass is 16.5. The highest BCUT2D eigenvalue weighted by Gasteiger charge is 2.31. The summed E-state index contributed by atoms with van der Waals surface area (Å²) in [5.41, 5.74) is 2.18. The van der Waals surface area contributed by atoms with Gasteiger partial charge in [0.2, 0.25) is 5.91 Å². The highest BCUT2D eigenvalue weighted by molar-refractivity contribution is 5.81. The number of methoxy groups -OCH3 is 2. The van der Waals surface area contributed by atoms with Gasteiger partial charge in [-0.3, -0.25) is 10.1 Å². The number of rotatable bonds is 7. The van der Waals surface area contributed by atoms with Gasteiger partial charge in [-0.15, -0.1) is 0 Å². The average Bonchev–Trinajstić information content (AvgIpc) is 2.85. The molecule has 1 heterocycles. The first-order chi connectivity index (χ1) is 10.2. The van der Waals surface area contributed by atoms with Crippen LogP contribution in [0.1, 0.15) is 30.1 Å². The predicted molar refractivity (Wildman–Crippen MR) is 81.3 cm³/mol. The van der Waals surface area contributed by atoms with E-state index in [2.05, 4.69) is 11.4 Å². The van der Waals surface area contributed by atoms with Crippen LogP contribution in [0.5, 0.6) is 5.75 Å². The Labute approximate surface area is 126 Å². The van der Waals surface area contributed by atoms with E-state index in [0.717, 1.165) is 42.9 Å². The van der Waals surface area contributed by atoms with Crippen molar-refractivity contribution in [1.29, 1.82) is 0 Å². The molecule has 1 aromatic carbocycles. The zero-order valence-corrected chi connectivity index (χ0v) is 13.0. The number of aryl methyl sites for hydroxylation is 1. The Morgan fingerprint density at radius 1 is 1.33 bits per heavy atom. The van der Waals surface area contributed by atoms with Crippen LogP contribution in [0, 0.1) is 6.92 Å². The summed E-state index contributed by atoms with van der Waals surface area (Å²) in [6, 6.07) is 6.06. The molecule has 0 spiro atoms. The van der Waals surface area contributed by atoms with Gasteiger partial charge in [-0.2, -0.15) is 0 Å². The number of hydrogen-bond donors (Lipinski definition) is 1. The first-order valence-electron chi connectivity index (χ1n) is 7.33. The van der Waals surface area contributed by atoms with Crippen molar-refractivity contribution in [2.24, 2.45) is 0 Å². The third-order valence-electron chi connectivity index (χ3n) is 3.81. The maximum Gasteiger partial charge on any atom is 0.238 e. The van der Waals surface area contributed by atoms with Crippen LogP contribution in [0.4, 0.5) is 0 Å². The van der Waals surface area contributed by atoms with Crippen LogP contribution in [0.25, 0.3) is 0 Å². The summed E-state index contributed by atoms with van der Waals surface area (Å²) in [6.07, 6.45) is 1.88. The van der Waals surface area contributed by atoms with Crippen LogP contribution in [0.2, 0.25) is 0 Å². The van der Waals surface area contributed by atoms with E-state index >= 15 is 0 Å². The molecule has 1 aliphatic rings. The van der Waals surface area contributed by atoms with Gasteiger partial charge in [0.15, 0.2) is 0 Å². The molecule has 5 heteroatoms. The summed E-state index contributed by atoms with van der Waals surface area (Å²) in [5.74, 6) is 1.03. The van der Waals surface area contributed by atoms with Crippen molar-refractivity contribution in [3.05, 3.63) is 29.3 Å². The molecule has 116 valence electrons. The van der Waals surface area contributed by atoms with E-state index in [0.29, 0.717) is 6.54 Å². The molecule has 5 nitrogen and oxygen atoms in total. The van der Waals surface area contributed by atoms with Crippen molar-refractivity contribution in [3.8, 4) is 5.75 Å². The summed E-state index contributed by atoms with van der Waals surface area (Å²) in [6.45, 7) is 3.91. The van der Waals surface area contributed by atoms with Crippen LogP contribution in [0.3, 0.4) is 0 Å². The van der Waals surface area contributed by atoms with E-state index in [1.165, 1.54) is 0 Å². The van der Waals surface area contributed by atoms with Gasteiger partial charge in [0.1, 0.15) is 11.9 Å². The second-order valence-corrected chi connectivity index (χ2v) is 5.30. The zero-order chi connectivity index (χ0) is 15.2. The molecule has 1 aromatic rings. The molecule has 1 N–H and O–H groups in total. The molecule has 0 saturated carbocycles. The minimum Gasteiger partial charge on any atom is -0.496 e. The van der Waals surface area contributed by atoms with Gasteiger partial charge in [0.25, 0.3) is 0 Å². The SMILES string of the molecule is COCCCCN1C(=O)CNC1c1ccc(OC)c(C)c1. The number of carbonyl (C=O) groups is 1. The van der Waals surface area contributed by atoms with Gasteiger partial charge in [0.05, 0.1) is 13.7 Å². The maximum atomic E-state index is 12.0. The monoisotopic (exact) mass is 292 g/mol. The molecule has 2 rings (SSSR count). The molecule has 0 bridgehead atoms. The fourth-order valence-electron chi connectivity index (χ4n) is 2.69. The number of ether oxygens (including phenoxy) is 2. The van der Waals surface area contributed by atoms with Crippen molar-refractivity contribution >= 4 is 5.91 Å². The molecule has 1 aliphatic heterocycles. The third-order valence-corrected chi connectivity index (χ3v) is 3.81. The molecule has 0 radical (unpaired) electrons. The first-order valence-corrected chi connectivity index (χ1v) is 7.33. The van der Waals surface area contributed by atoms with Crippen LogP contribution in [-0.4, -0.2) is 44.7 Å². The maximum absolute atomic E-state index is 12.0. The van der Waals surface area contributed by atoms with Crippen molar-refractivity contribution in [2.45, 2.75) is 25.9 Å². The number of hydrogen-bond acceptors (Lipinski definition) is 4. The van der Waals surface area contributed by atoms with Crippen molar-refractivity contribution < 1.29 is 14.3 Å². The van der Waals surface area contributed by atoms with E-state index in [1.807, 2.05) is 24.0 Å². The summed E-state index contributed by atoms with van der Waals surface area (Å²) < 4.78 is 10.3. The minimum absolute atomic E-state index is 0.0374. The fraction of sp³-hybridized carbons (Fsp3) is 0.562. The molecular weight excluding hydrogens is 268 g/mol. The van der Waals surface area contributed by atoms with E-state index < -0.39 is 0 Å². The van der Waals surface area contributed by atoms with Crippen LogP contribution >= 0.6 is 0 Å². The Bertz CT molecular complexity index is 490. The number of amides is 1. The summed E-state index contributed by atoms with van der Waals surface area (Å²) in [7, 11) is 3.37. The second kappa shape index (κ2) is 7.43. The van der Waals surface area contributed by atoms with Gasteiger partial charge < -0.3 is 14.4 Å². The van der Waals surface area contributed by atoms with Crippen molar-refractivity contribution in [3.63, 3.8) is 0 Å². The molecule has 0 aromatic heterocycles. The smallest absolute Gasteiger partial charge is 0.238 e. The molecule has 1 atom stereocenters. The Morgan fingerprint density at radius 3 is 2.81 bits per heavy atom. The standard InChI is InChI=1S/C16H24N2O3/c1-12-10-13(6-7-14(12)21-3)16-17-11-15(19)18(16)8-4-5-9-20-2/h6-7,10,16-17H,4-5,8-9,11H2,1-3H3. The zero-order valence-electron chi connectivity index (χ0n) is 13.0. The lowest BCUT2D eigenvalue weighted by Crippen LogP contribution is -2.31. The Kier molecular flexibility index (Phi) is 5.59. The van der Waals surface area contributed by atoms with Crippen molar-refractivity contribution in [2.75, 3.05) is 33.9 Å². The third kappa shape index (κ3) is 3.74. The Morgan fingerprint density at radius 2 is 2.14 bits per heavy atom. The number of unbranched alkanes of at least 4 members (excludes halogenated alkanes) is 1. The molecule has 21 heavy (non-hydrogen) atoms. The summed E-state index contributed by atoms with van der Waals surface area (Å²) in [5, 5.41) is 3.28. The van der Waals surface area contributed by atoms with E-state index in [4.69, 9.17) is 9.47 Å². The van der Waals surface area contributed by atoms with Gasteiger partial charge in [-0.25, -0.2) is 0 Å². The second-order valence-electron chi connectivity index (χ2n) is 5.30. The molecule has 1 unspecified atom stereocenters. The fourth-order valence-corrected chi connectivity index (χ4v) is 2.69. The highest BCUT2D eigenvalue weighted by Crippen LogP contribution is 2.27. The van der Waals surface area contributed by atoms with E-state index in [-0.39, 0.29) is 12.1 Å². The van der Waals surface area contributed by atoms with E-state index in [9.17, 15) is 4.79 Å². The molecule has 1 saturated heterocycles. The average molecular weight is 292 g/mol. The number of nitrogens with zero attached hydrogens (tertiary/aromatic N) is 1. The molecular formula is C16H24N2O3.